The molecule has 0 saturated carbocycles. The maximum absolute atomic E-state index is 9.28. The highest BCUT2D eigenvalue weighted by Crippen LogP contribution is 1.96. The SMILES string of the molecule is CC(=O)O.CCN(CC)CC#CC(C)(C)O. The molecule has 0 saturated heterocycles. The molecule has 0 aromatic carbocycles. The Morgan fingerprint density at radius 1 is 1.31 bits per heavy atom. The molecule has 0 heterocycles. The van der Waals surface area contributed by atoms with Crippen LogP contribution in [0.5, 0.6) is 0 Å². The molecule has 0 radical (unpaired) electrons. The van der Waals surface area contributed by atoms with Crippen LogP contribution in [0.25, 0.3) is 0 Å². The molecule has 0 amide bonds. The summed E-state index contributed by atoms with van der Waals surface area (Å²) in [6, 6.07) is 0. The highest BCUT2D eigenvalue weighted by molar-refractivity contribution is 5.62. The molecule has 2 N–H and O–H groups in total. The lowest BCUT2D eigenvalue weighted by molar-refractivity contribution is -0.134. The number of carbonyl (C=O) groups is 1. The van der Waals surface area contributed by atoms with E-state index in [4.69, 9.17) is 9.90 Å². The van der Waals surface area contributed by atoms with E-state index in [-0.39, 0.29) is 0 Å². The van der Waals surface area contributed by atoms with Crippen LogP contribution in [-0.4, -0.2) is 46.3 Å². The molecule has 16 heavy (non-hydrogen) atoms. The Balaban J connectivity index is 0. The van der Waals surface area contributed by atoms with Gasteiger partial charge in [0, 0.05) is 6.92 Å². The zero-order chi connectivity index (χ0) is 13.2. The molecule has 0 aromatic rings. The third-order valence-electron chi connectivity index (χ3n) is 1.59. The molecule has 4 heteroatoms. The highest BCUT2D eigenvalue weighted by Gasteiger charge is 2.05. The van der Waals surface area contributed by atoms with Gasteiger partial charge < -0.3 is 10.2 Å². The predicted molar refractivity (Wildman–Crippen MR) is 65.2 cm³/mol. The number of carboxylic acid groups (broad SMARTS) is 1. The average Bonchev–Trinajstić information content (AvgIpc) is 2.10. The Hall–Kier alpha value is -1.05. The monoisotopic (exact) mass is 229 g/mol. The van der Waals surface area contributed by atoms with Crippen molar-refractivity contribution in [2.75, 3.05) is 19.6 Å². The zero-order valence-corrected chi connectivity index (χ0v) is 10.9. The molecule has 0 fully saturated rings. The van der Waals surface area contributed by atoms with Crippen LogP contribution in [0.1, 0.15) is 34.6 Å². The smallest absolute Gasteiger partial charge is 0.300 e. The van der Waals surface area contributed by atoms with Gasteiger partial charge in [0.25, 0.3) is 5.97 Å². The maximum Gasteiger partial charge on any atom is 0.300 e. The van der Waals surface area contributed by atoms with Crippen molar-refractivity contribution in [1.29, 1.82) is 0 Å². The molecule has 0 spiro atoms. The van der Waals surface area contributed by atoms with Crippen molar-refractivity contribution in [1.82, 2.24) is 4.90 Å². The summed E-state index contributed by atoms with van der Waals surface area (Å²) in [6.45, 7) is 11.5. The Labute approximate surface area is 98.3 Å². The normalized spacial score (nSPS) is 9.94. The van der Waals surface area contributed by atoms with Crippen LogP contribution < -0.4 is 0 Å². The van der Waals surface area contributed by atoms with E-state index in [2.05, 4.69) is 30.6 Å². The van der Waals surface area contributed by atoms with Gasteiger partial charge in [-0.1, -0.05) is 25.7 Å². The summed E-state index contributed by atoms with van der Waals surface area (Å²) in [7, 11) is 0. The van der Waals surface area contributed by atoms with Gasteiger partial charge in [-0.3, -0.25) is 9.69 Å². The molecule has 0 aliphatic rings. The minimum Gasteiger partial charge on any atom is -0.481 e. The van der Waals surface area contributed by atoms with Gasteiger partial charge in [0.2, 0.25) is 0 Å². The fraction of sp³-hybridized carbons (Fsp3) is 0.750. The third kappa shape index (κ3) is 18.7. The van der Waals surface area contributed by atoms with E-state index in [1.165, 1.54) is 0 Å². The molecule has 0 bridgehead atoms. The van der Waals surface area contributed by atoms with Crippen LogP contribution >= 0.6 is 0 Å². The summed E-state index contributed by atoms with van der Waals surface area (Å²) in [5, 5.41) is 16.7. The fourth-order valence-electron chi connectivity index (χ4n) is 0.815. The third-order valence-corrected chi connectivity index (χ3v) is 1.59. The summed E-state index contributed by atoms with van der Waals surface area (Å²) >= 11 is 0. The molecular weight excluding hydrogens is 206 g/mol. The number of hydrogen-bond acceptors (Lipinski definition) is 3. The topological polar surface area (TPSA) is 60.8 Å². The molecule has 94 valence electrons. The van der Waals surface area contributed by atoms with E-state index in [0.717, 1.165) is 26.6 Å². The van der Waals surface area contributed by atoms with Crippen LogP contribution in [-0.2, 0) is 4.79 Å². The van der Waals surface area contributed by atoms with Gasteiger partial charge in [-0.05, 0) is 26.9 Å². The summed E-state index contributed by atoms with van der Waals surface area (Å²) in [4.78, 5) is 11.2. The Morgan fingerprint density at radius 3 is 1.94 bits per heavy atom. The molecule has 4 nitrogen and oxygen atoms in total. The lowest BCUT2D eigenvalue weighted by Gasteiger charge is -2.14. The number of rotatable bonds is 3. The first-order valence-electron chi connectivity index (χ1n) is 5.37. The second-order valence-electron chi connectivity index (χ2n) is 3.84. The number of aliphatic hydroxyl groups is 1. The minimum absolute atomic E-state index is 0.747. The summed E-state index contributed by atoms with van der Waals surface area (Å²) in [5.74, 6) is 4.90. The molecule has 0 atom stereocenters. The molecule has 0 aliphatic carbocycles. The Morgan fingerprint density at radius 2 is 1.69 bits per heavy atom. The minimum atomic E-state index is -0.854. The fourth-order valence-corrected chi connectivity index (χ4v) is 0.815. The molecule has 0 rings (SSSR count). The van der Waals surface area contributed by atoms with Crippen molar-refractivity contribution in [2.24, 2.45) is 0 Å². The van der Waals surface area contributed by atoms with E-state index in [1.54, 1.807) is 13.8 Å². The first kappa shape index (κ1) is 17.3. The molecular formula is C12H23NO3. The highest BCUT2D eigenvalue weighted by atomic mass is 16.4. The number of hydrogen-bond donors (Lipinski definition) is 2. The van der Waals surface area contributed by atoms with E-state index < -0.39 is 11.6 Å². The van der Waals surface area contributed by atoms with Gasteiger partial charge in [0.1, 0.15) is 5.60 Å². The molecule has 0 aliphatic heterocycles. The zero-order valence-electron chi connectivity index (χ0n) is 10.9. The van der Waals surface area contributed by atoms with E-state index in [0.29, 0.717) is 0 Å². The van der Waals surface area contributed by atoms with Gasteiger partial charge in [0.15, 0.2) is 0 Å². The molecule has 0 unspecified atom stereocenters. The lowest BCUT2D eigenvalue weighted by Crippen LogP contribution is -2.23. The second kappa shape index (κ2) is 9.20. The van der Waals surface area contributed by atoms with Crippen LogP contribution in [0.3, 0.4) is 0 Å². The maximum atomic E-state index is 9.28. The van der Waals surface area contributed by atoms with Gasteiger partial charge in [-0.2, -0.15) is 0 Å². The Bertz CT molecular complexity index is 237. The Kier molecular flexibility index (Phi) is 9.97. The summed E-state index contributed by atoms with van der Waals surface area (Å²) in [6.07, 6.45) is 0. The second-order valence-corrected chi connectivity index (χ2v) is 3.84. The van der Waals surface area contributed by atoms with Crippen molar-refractivity contribution in [3.05, 3.63) is 0 Å². The quantitative estimate of drug-likeness (QED) is 0.714. The van der Waals surface area contributed by atoms with Crippen LogP contribution in [0.2, 0.25) is 0 Å². The van der Waals surface area contributed by atoms with Gasteiger partial charge in [-0.15, -0.1) is 0 Å². The largest absolute Gasteiger partial charge is 0.481 e. The van der Waals surface area contributed by atoms with Crippen molar-refractivity contribution < 1.29 is 15.0 Å². The van der Waals surface area contributed by atoms with Gasteiger partial charge in [-0.25, -0.2) is 0 Å². The number of nitrogens with zero attached hydrogens (tertiary/aromatic N) is 1. The number of aliphatic carboxylic acids is 1. The summed E-state index contributed by atoms with van der Waals surface area (Å²) < 4.78 is 0. The summed E-state index contributed by atoms with van der Waals surface area (Å²) in [5.41, 5.74) is -0.854. The van der Waals surface area contributed by atoms with E-state index in [9.17, 15) is 5.11 Å². The number of carboxylic acids is 1. The first-order chi connectivity index (χ1) is 7.22. The van der Waals surface area contributed by atoms with E-state index >= 15 is 0 Å². The first-order valence-corrected chi connectivity index (χ1v) is 5.37. The standard InChI is InChI=1S/C10H19NO.C2H4O2/c1-5-11(6-2)9-7-8-10(3,4)12;1-2(3)4/h12H,5-6,9H2,1-4H3;1H3,(H,3,4). The average molecular weight is 229 g/mol. The van der Waals surface area contributed by atoms with Crippen LogP contribution in [0.4, 0.5) is 0 Å². The van der Waals surface area contributed by atoms with Gasteiger partial charge >= 0.3 is 0 Å². The van der Waals surface area contributed by atoms with Crippen molar-refractivity contribution in [3.63, 3.8) is 0 Å². The van der Waals surface area contributed by atoms with Crippen molar-refractivity contribution in [3.8, 4) is 11.8 Å². The van der Waals surface area contributed by atoms with E-state index in [1.807, 2.05) is 0 Å². The predicted octanol–water partition coefficient (Wildman–Crippen LogP) is 1.19. The van der Waals surface area contributed by atoms with Gasteiger partial charge in [0.05, 0.1) is 6.54 Å². The lowest BCUT2D eigenvalue weighted by atomic mass is 10.1. The van der Waals surface area contributed by atoms with Crippen LogP contribution in [0.15, 0.2) is 0 Å². The van der Waals surface area contributed by atoms with Crippen molar-refractivity contribution >= 4 is 5.97 Å². The molecule has 0 aromatic heterocycles. The van der Waals surface area contributed by atoms with Crippen LogP contribution in [0, 0.1) is 11.8 Å². The van der Waals surface area contributed by atoms with Crippen molar-refractivity contribution in [2.45, 2.75) is 40.2 Å².